The predicted octanol–water partition coefficient (Wildman–Crippen LogP) is 5.79. The van der Waals surface area contributed by atoms with Gasteiger partial charge in [-0.3, -0.25) is 4.90 Å². The van der Waals surface area contributed by atoms with Crippen molar-refractivity contribution in [3.05, 3.63) is 58.1 Å². The molecular formula is C19H21Cl2N3S. The van der Waals surface area contributed by atoms with Gasteiger partial charge >= 0.3 is 0 Å². The van der Waals surface area contributed by atoms with Crippen LogP contribution in [0.3, 0.4) is 0 Å². The van der Waals surface area contributed by atoms with Crippen molar-refractivity contribution in [1.82, 2.24) is 4.90 Å². The van der Waals surface area contributed by atoms with Crippen LogP contribution in [0.1, 0.15) is 24.8 Å². The molecule has 2 N–H and O–H groups in total. The summed E-state index contributed by atoms with van der Waals surface area (Å²) in [4.78, 5) is 2.51. The van der Waals surface area contributed by atoms with E-state index < -0.39 is 0 Å². The fourth-order valence-corrected chi connectivity index (χ4v) is 3.63. The number of anilines is 2. The molecule has 1 fully saturated rings. The van der Waals surface area contributed by atoms with Crippen LogP contribution in [0.4, 0.5) is 11.4 Å². The van der Waals surface area contributed by atoms with Gasteiger partial charge in [-0.2, -0.15) is 0 Å². The van der Waals surface area contributed by atoms with Gasteiger partial charge in [0, 0.05) is 17.3 Å². The van der Waals surface area contributed by atoms with Crippen LogP contribution in [0.25, 0.3) is 0 Å². The Bertz CT molecular complexity index is 728. The lowest BCUT2D eigenvalue weighted by atomic mass is 10.1. The van der Waals surface area contributed by atoms with E-state index in [0.717, 1.165) is 17.9 Å². The number of piperidine rings is 1. The molecule has 0 bridgehead atoms. The minimum absolute atomic E-state index is 0.494. The quantitative estimate of drug-likeness (QED) is 0.642. The van der Waals surface area contributed by atoms with E-state index in [1.54, 1.807) is 18.2 Å². The molecule has 0 aliphatic carbocycles. The van der Waals surface area contributed by atoms with Crippen LogP contribution in [-0.4, -0.2) is 23.1 Å². The Hall–Kier alpha value is -1.33. The Kier molecular flexibility index (Phi) is 6.54. The van der Waals surface area contributed by atoms with E-state index in [4.69, 9.17) is 35.4 Å². The van der Waals surface area contributed by atoms with Crippen LogP contribution >= 0.6 is 35.4 Å². The summed E-state index contributed by atoms with van der Waals surface area (Å²) in [5, 5.41) is 7.89. The average Bonchev–Trinajstić information content (AvgIpc) is 2.60. The predicted molar refractivity (Wildman–Crippen MR) is 112 cm³/mol. The van der Waals surface area contributed by atoms with E-state index in [-0.39, 0.29) is 0 Å². The molecular weight excluding hydrogens is 373 g/mol. The average molecular weight is 394 g/mol. The Morgan fingerprint density at radius 2 is 1.68 bits per heavy atom. The van der Waals surface area contributed by atoms with Crippen LogP contribution in [0.2, 0.25) is 10.0 Å². The number of thiocarbonyl (C=S) groups is 1. The molecule has 2 aromatic rings. The smallest absolute Gasteiger partial charge is 0.175 e. The standard InChI is InChI=1S/C19H21Cl2N3S/c20-15-6-9-18(17(21)12-15)23-19(25)22-16-7-4-14(5-8-16)13-24-10-2-1-3-11-24/h4-9,12H,1-3,10-11,13H2,(H2,22,23,25). The maximum atomic E-state index is 6.15. The van der Waals surface area contributed by atoms with Crippen molar-refractivity contribution in [3.63, 3.8) is 0 Å². The molecule has 6 heteroatoms. The van der Waals surface area contributed by atoms with Crippen molar-refractivity contribution >= 4 is 51.9 Å². The van der Waals surface area contributed by atoms with E-state index in [9.17, 15) is 0 Å². The number of benzene rings is 2. The molecule has 0 spiro atoms. The molecule has 132 valence electrons. The maximum absolute atomic E-state index is 6.15. The molecule has 0 amide bonds. The van der Waals surface area contributed by atoms with E-state index in [1.807, 2.05) is 0 Å². The molecule has 3 nitrogen and oxygen atoms in total. The van der Waals surface area contributed by atoms with Gasteiger partial charge in [-0.15, -0.1) is 0 Å². The Morgan fingerprint density at radius 3 is 2.36 bits per heavy atom. The van der Waals surface area contributed by atoms with Crippen molar-refractivity contribution in [3.8, 4) is 0 Å². The van der Waals surface area contributed by atoms with E-state index in [2.05, 4.69) is 39.8 Å². The summed E-state index contributed by atoms with van der Waals surface area (Å²) in [7, 11) is 0. The minimum atomic E-state index is 0.494. The van der Waals surface area contributed by atoms with Crippen LogP contribution in [0.15, 0.2) is 42.5 Å². The van der Waals surface area contributed by atoms with Gasteiger partial charge in [-0.25, -0.2) is 0 Å². The zero-order chi connectivity index (χ0) is 17.6. The van der Waals surface area contributed by atoms with Gasteiger partial charge in [-0.05, 0) is 74.0 Å². The highest BCUT2D eigenvalue weighted by Crippen LogP contribution is 2.25. The first kappa shape index (κ1) is 18.5. The van der Waals surface area contributed by atoms with Gasteiger partial charge in [0.25, 0.3) is 0 Å². The number of rotatable bonds is 4. The fraction of sp³-hybridized carbons (Fsp3) is 0.316. The largest absolute Gasteiger partial charge is 0.332 e. The summed E-state index contributed by atoms with van der Waals surface area (Å²) in [6, 6.07) is 13.7. The van der Waals surface area contributed by atoms with Crippen LogP contribution in [0, 0.1) is 0 Å². The third-order valence-corrected chi connectivity index (χ3v) is 5.00. The number of nitrogens with one attached hydrogen (secondary N) is 2. The van der Waals surface area contributed by atoms with Crippen LogP contribution in [-0.2, 0) is 6.54 Å². The molecule has 0 radical (unpaired) electrons. The van der Waals surface area contributed by atoms with E-state index in [1.165, 1.54) is 37.9 Å². The number of halogens is 2. The van der Waals surface area contributed by atoms with Crippen LogP contribution in [0.5, 0.6) is 0 Å². The van der Waals surface area contributed by atoms with Crippen molar-refractivity contribution in [1.29, 1.82) is 0 Å². The lowest BCUT2D eigenvalue weighted by Gasteiger charge is -2.26. The molecule has 1 aliphatic heterocycles. The minimum Gasteiger partial charge on any atom is -0.332 e. The first-order valence-electron chi connectivity index (χ1n) is 8.44. The summed E-state index contributed by atoms with van der Waals surface area (Å²) in [6.07, 6.45) is 3.99. The molecule has 0 atom stereocenters. The first-order chi connectivity index (χ1) is 12.1. The Labute approximate surface area is 164 Å². The molecule has 2 aromatic carbocycles. The highest BCUT2D eigenvalue weighted by atomic mass is 35.5. The highest BCUT2D eigenvalue weighted by molar-refractivity contribution is 7.80. The third-order valence-electron chi connectivity index (χ3n) is 4.25. The molecule has 0 unspecified atom stereocenters. The maximum Gasteiger partial charge on any atom is 0.175 e. The van der Waals surface area contributed by atoms with Gasteiger partial charge in [-0.1, -0.05) is 41.8 Å². The van der Waals surface area contributed by atoms with Crippen LogP contribution < -0.4 is 10.6 Å². The second kappa shape index (κ2) is 8.86. The highest BCUT2D eigenvalue weighted by Gasteiger charge is 2.10. The van der Waals surface area contributed by atoms with Gasteiger partial charge in [0.15, 0.2) is 5.11 Å². The second-order valence-corrected chi connectivity index (χ2v) is 7.49. The van der Waals surface area contributed by atoms with Gasteiger partial charge in [0.05, 0.1) is 10.7 Å². The van der Waals surface area contributed by atoms with E-state index >= 15 is 0 Å². The van der Waals surface area contributed by atoms with Crippen molar-refractivity contribution < 1.29 is 0 Å². The zero-order valence-corrected chi connectivity index (χ0v) is 16.2. The topological polar surface area (TPSA) is 27.3 Å². The number of nitrogens with zero attached hydrogens (tertiary/aromatic N) is 1. The molecule has 25 heavy (non-hydrogen) atoms. The molecule has 0 aromatic heterocycles. The molecule has 3 rings (SSSR count). The second-order valence-electron chi connectivity index (χ2n) is 6.24. The zero-order valence-electron chi connectivity index (χ0n) is 13.9. The SMILES string of the molecule is S=C(Nc1ccc(CN2CCCCC2)cc1)Nc1ccc(Cl)cc1Cl. The monoisotopic (exact) mass is 393 g/mol. The summed E-state index contributed by atoms with van der Waals surface area (Å²) in [5.74, 6) is 0. The Balaban J connectivity index is 1.54. The first-order valence-corrected chi connectivity index (χ1v) is 9.61. The summed E-state index contributed by atoms with van der Waals surface area (Å²) < 4.78 is 0. The molecule has 1 heterocycles. The van der Waals surface area contributed by atoms with Gasteiger partial charge < -0.3 is 10.6 Å². The fourth-order valence-electron chi connectivity index (χ4n) is 2.94. The number of likely N-dealkylation sites (tertiary alicyclic amines) is 1. The third kappa shape index (κ3) is 5.58. The Morgan fingerprint density at radius 1 is 0.960 bits per heavy atom. The molecule has 0 saturated carbocycles. The summed E-state index contributed by atoms with van der Waals surface area (Å²) in [5.41, 5.74) is 3.00. The van der Waals surface area contributed by atoms with Crippen molar-refractivity contribution in [2.75, 3.05) is 23.7 Å². The van der Waals surface area contributed by atoms with Crippen molar-refractivity contribution in [2.45, 2.75) is 25.8 Å². The number of hydrogen-bond donors (Lipinski definition) is 2. The summed E-state index contributed by atoms with van der Waals surface area (Å²) in [6.45, 7) is 3.43. The summed E-state index contributed by atoms with van der Waals surface area (Å²) >= 11 is 17.4. The number of hydrogen-bond acceptors (Lipinski definition) is 2. The lowest BCUT2D eigenvalue weighted by Crippen LogP contribution is -2.29. The normalized spacial score (nSPS) is 15.0. The molecule has 1 aliphatic rings. The van der Waals surface area contributed by atoms with Crippen molar-refractivity contribution in [2.24, 2.45) is 0 Å². The van der Waals surface area contributed by atoms with E-state index in [0.29, 0.717) is 15.2 Å². The lowest BCUT2D eigenvalue weighted by molar-refractivity contribution is 0.221. The van der Waals surface area contributed by atoms with Gasteiger partial charge in [0.2, 0.25) is 0 Å². The molecule has 1 saturated heterocycles. The van der Waals surface area contributed by atoms with Gasteiger partial charge in [0.1, 0.15) is 0 Å².